The van der Waals surface area contributed by atoms with Crippen molar-refractivity contribution < 1.29 is 5.11 Å². The van der Waals surface area contributed by atoms with Gasteiger partial charge in [0.05, 0.1) is 12.6 Å². The van der Waals surface area contributed by atoms with Gasteiger partial charge in [-0.2, -0.15) is 0 Å². The van der Waals surface area contributed by atoms with Crippen LogP contribution in [0.4, 0.5) is 5.13 Å². The number of aliphatic hydroxyl groups is 1. The Balaban J connectivity index is 1.43. The summed E-state index contributed by atoms with van der Waals surface area (Å²) in [6.07, 6.45) is 5.77. The lowest BCUT2D eigenvalue weighted by molar-refractivity contribution is 0.0775. The molecule has 0 unspecified atom stereocenters. The molecule has 136 valence electrons. The zero-order valence-electron chi connectivity index (χ0n) is 14.7. The molecule has 0 aromatic carbocycles. The van der Waals surface area contributed by atoms with Gasteiger partial charge in [-0.15, -0.1) is 21.5 Å². The maximum Gasteiger partial charge on any atom is 0.185 e. The molecule has 1 atom stereocenters. The first-order valence-corrected chi connectivity index (χ1v) is 10.0. The van der Waals surface area contributed by atoms with Crippen LogP contribution in [-0.2, 0) is 13.6 Å². The molecule has 0 amide bonds. The Morgan fingerprint density at radius 3 is 2.80 bits per heavy atom. The van der Waals surface area contributed by atoms with E-state index in [4.69, 9.17) is 0 Å². The number of thiazole rings is 1. The fraction of sp³-hybridized carbons (Fsp3) is 0.706. The smallest absolute Gasteiger partial charge is 0.185 e. The summed E-state index contributed by atoms with van der Waals surface area (Å²) in [5, 5.41) is 21.8. The summed E-state index contributed by atoms with van der Waals surface area (Å²) >= 11 is 1.70. The number of piperidine rings is 2. The first-order chi connectivity index (χ1) is 12.2. The molecule has 4 heterocycles. The van der Waals surface area contributed by atoms with Crippen molar-refractivity contribution in [3.63, 3.8) is 0 Å². The predicted octanol–water partition coefficient (Wildman–Crippen LogP) is 1.61. The van der Waals surface area contributed by atoms with Crippen LogP contribution in [-0.4, -0.2) is 62.0 Å². The molecule has 8 heteroatoms. The summed E-state index contributed by atoms with van der Waals surface area (Å²) in [5.74, 6) is 2.53. The summed E-state index contributed by atoms with van der Waals surface area (Å²) in [4.78, 5) is 9.19. The van der Waals surface area contributed by atoms with Crippen molar-refractivity contribution in [3.05, 3.63) is 23.2 Å². The fourth-order valence-corrected chi connectivity index (χ4v) is 4.56. The molecule has 0 aliphatic carbocycles. The Morgan fingerprint density at radius 2 is 2.04 bits per heavy atom. The van der Waals surface area contributed by atoms with Gasteiger partial charge in [0.2, 0.25) is 0 Å². The number of aromatic nitrogens is 4. The highest BCUT2D eigenvalue weighted by molar-refractivity contribution is 7.13. The highest BCUT2D eigenvalue weighted by Crippen LogP contribution is 2.30. The molecular weight excluding hydrogens is 336 g/mol. The van der Waals surface area contributed by atoms with Gasteiger partial charge in [0.1, 0.15) is 11.6 Å². The molecule has 2 aliphatic rings. The van der Waals surface area contributed by atoms with Crippen molar-refractivity contribution in [2.75, 3.05) is 31.1 Å². The quantitative estimate of drug-likeness (QED) is 0.891. The maximum absolute atomic E-state index is 9.66. The molecule has 0 radical (unpaired) electrons. The minimum Gasteiger partial charge on any atom is -0.393 e. The highest BCUT2D eigenvalue weighted by atomic mass is 32.1. The summed E-state index contributed by atoms with van der Waals surface area (Å²) < 4.78 is 2.18. The van der Waals surface area contributed by atoms with E-state index >= 15 is 0 Å². The van der Waals surface area contributed by atoms with Crippen molar-refractivity contribution in [1.29, 1.82) is 0 Å². The molecule has 0 saturated carbocycles. The number of aliphatic hydroxyl groups excluding tert-OH is 1. The van der Waals surface area contributed by atoms with Gasteiger partial charge in [0.25, 0.3) is 0 Å². The van der Waals surface area contributed by atoms with Crippen LogP contribution < -0.4 is 4.90 Å². The SMILES string of the molecule is Cn1c(CN2CCC(O)CC2)nnc1[C@H]1CCCN(c2nccs2)C1. The molecule has 4 rings (SSSR count). The van der Waals surface area contributed by atoms with Gasteiger partial charge in [0, 0.05) is 50.7 Å². The lowest BCUT2D eigenvalue weighted by Crippen LogP contribution is -2.36. The maximum atomic E-state index is 9.66. The van der Waals surface area contributed by atoms with Gasteiger partial charge in [-0.25, -0.2) is 4.98 Å². The van der Waals surface area contributed by atoms with E-state index in [1.165, 1.54) is 0 Å². The average molecular weight is 363 g/mol. The van der Waals surface area contributed by atoms with Crippen LogP contribution in [0.15, 0.2) is 11.6 Å². The molecular formula is C17H26N6OS. The summed E-state index contributed by atoms with van der Waals surface area (Å²) in [6.45, 7) is 4.73. The second-order valence-electron chi connectivity index (χ2n) is 7.14. The lowest BCUT2D eigenvalue weighted by Gasteiger charge is -2.32. The first-order valence-electron chi connectivity index (χ1n) is 9.13. The number of nitrogens with zero attached hydrogens (tertiary/aromatic N) is 6. The van der Waals surface area contributed by atoms with E-state index in [0.29, 0.717) is 5.92 Å². The second-order valence-corrected chi connectivity index (χ2v) is 8.01. The van der Waals surface area contributed by atoms with Crippen molar-refractivity contribution in [2.45, 2.75) is 44.2 Å². The van der Waals surface area contributed by atoms with Crippen LogP contribution in [0.2, 0.25) is 0 Å². The minimum absolute atomic E-state index is 0.134. The molecule has 2 aliphatic heterocycles. The Hall–Kier alpha value is -1.51. The standard InChI is InChI=1S/C17H26N6OS/c1-21-15(12-22-8-4-14(24)5-9-22)19-20-16(21)13-3-2-7-23(11-13)17-18-6-10-25-17/h6,10,13-14,24H,2-5,7-9,11-12H2,1H3/t13-/m0/s1. The van der Waals surface area contributed by atoms with Crippen LogP contribution in [0.1, 0.15) is 43.3 Å². The molecule has 2 fully saturated rings. The zero-order valence-corrected chi connectivity index (χ0v) is 15.5. The van der Waals surface area contributed by atoms with Crippen molar-refractivity contribution in [2.24, 2.45) is 7.05 Å². The van der Waals surface area contributed by atoms with Crippen LogP contribution >= 0.6 is 11.3 Å². The van der Waals surface area contributed by atoms with E-state index in [1.807, 2.05) is 11.6 Å². The van der Waals surface area contributed by atoms with E-state index in [2.05, 4.69) is 36.6 Å². The fourth-order valence-electron chi connectivity index (χ4n) is 3.88. The summed E-state index contributed by atoms with van der Waals surface area (Å²) in [5.41, 5.74) is 0. The van der Waals surface area contributed by atoms with E-state index in [-0.39, 0.29) is 6.10 Å². The van der Waals surface area contributed by atoms with E-state index < -0.39 is 0 Å². The van der Waals surface area contributed by atoms with Gasteiger partial charge in [-0.1, -0.05) is 0 Å². The van der Waals surface area contributed by atoms with Gasteiger partial charge in [0.15, 0.2) is 5.13 Å². The number of hydrogen-bond donors (Lipinski definition) is 1. The van der Waals surface area contributed by atoms with Gasteiger partial charge in [-0.3, -0.25) is 4.90 Å². The summed E-state index contributed by atoms with van der Waals surface area (Å²) in [7, 11) is 2.09. The molecule has 1 N–H and O–H groups in total. The Labute approximate surface area is 152 Å². The molecule has 2 saturated heterocycles. The molecule has 0 spiro atoms. The third kappa shape index (κ3) is 3.70. The molecule has 0 bridgehead atoms. The van der Waals surface area contributed by atoms with Crippen molar-refractivity contribution in [3.8, 4) is 0 Å². The number of hydrogen-bond acceptors (Lipinski definition) is 7. The Bertz CT molecular complexity index is 679. The predicted molar refractivity (Wildman–Crippen MR) is 97.8 cm³/mol. The lowest BCUT2D eigenvalue weighted by atomic mass is 9.97. The molecule has 2 aromatic heterocycles. The number of rotatable bonds is 4. The first kappa shape index (κ1) is 16.9. The van der Waals surface area contributed by atoms with E-state index in [0.717, 1.165) is 75.2 Å². The molecule has 25 heavy (non-hydrogen) atoms. The molecule has 2 aromatic rings. The van der Waals surface area contributed by atoms with E-state index in [9.17, 15) is 5.11 Å². The Kier molecular flexibility index (Phi) is 5.00. The van der Waals surface area contributed by atoms with E-state index in [1.54, 1.807) is 11.3 Å². The van der Waals surface area contributed by atoms with Gasteiger partial charge >= 0.3 is 0 Å². The third-order valence-corrected chi connectivity index (χ3v) is 6.23. The Morgan fingerprint density at radius 1 is 1.20 bits per heavy atom. The van der Waals surface area contributed by atoms with Crippen molar-refractivity contribution >= 4 is 16.5 Å². The average Bonchev–Trinajstić information content (AvgIpc) is 3.28. The summed E-state index contributed by atoms with van der Waals surface area (Å²) in [6, 6.07) is 0. The number of anilines is 1. The topological polar surface area (TPSA) is 70.3 Å². The number of likely N-dealkylation sites (tertiary alicyclic amines) is 1. The van der Waals surface area contributed by atoms with Crippen molar-refractivity contribution in [1.82, 2.24) is 24.6 Å². The normalized spacial score (nSPS) is 23.3. The van der Waals surface area contributed by atoms with Gasteiger partial charge in [-0.05, 0) is 25.7 Å². The third-order valence-electron chi connectivity index (χ3n) is 5.40. The van der Waals surface area contributed by atoms with Gasteiger partial charge < -0.3 is 14.6 Å². The largest absolute Gasteiger partial charge is 0.393 e. The minimum atomic E-state index is -0.134. The second kappa shape index (κ2) is 7.39. The van der Waals surface area contributed by atoms with Crippen LogP contribution in [0.5, 0.6) is 0 Å². The van der Waals surface area contributed by atoms with Crippen LogP contribution in [0, 0.1) is 0 Å². The molecule has 7 nitrogen and oxygen atoms in total. The monoisotopic (exact) mass is 362 g/mol. The highest BCUT2D eigenvalue weighted by Gasteiger charge is 2.27. The van der Waals surface area contributed by atoms with Crippen LogP contribution in [0.3, 0.4) is 0 Å². The zero-order chi connectivity index (χ0) is 17.2. The van der Waals surface area contributed by atoms with Crippen LogP contribution in [0.25, 0.3) is 0 Å².